The maximum atomic E-state index is 12.8. The highest BCUT2D eigenvalue weighted by atomic mass is 32.2. The van der Waals surface area contributed by atoms with Gasteiger partial charge in [0, 0.05) is 18.2 Å². The zero-order valence-corrected chi connectivity index (χ0v) is 15.6. The first-order valence-electron chi connectivity index (χ1n) is 9.04. The Morgan fingerprint density at radius 2 is 1.96 bits per heavy atom. The number of anilines is 2. The number of carbonyl (C=O) groups excluding carboxylic acids is 1. The van der Waals surface area contributed by atoms with Crippen LogP contribution in [0.3, 0.4) is 0 Å². The highest BCUT2D eigenvalue weighted by Crippen LogP contribution is 2.37. The molecule has 26 heavy (non-hydrogen) atoms. The van der Waals surface area contributed by atoms with E-state index in [1.807, 2.05) is 30.0 Å². The van der Waals surface area contributed by atoms with E-state index in [-0.39, 0.29) is 16.7 Å². The molecule has 2 aromatic carbocycles. The monoisotopic (exact) mass is 370 g/mol. The molecule has 0 bridgehead atoms. The Morgan fingerprint density at radius 3 is 2.69 bits per heavy atom. The highest BCUT2D eigenvalue weighted by Gasteiger charge is 2.36. The number of amides is 1. The van der Waals surface area contributed by atoms with Gasteiger partial charge in [-0.05, 0) is 61.1 Å². The summed E-state index contributed by atoms with van der Waals surface area (Å²) in [6, 6.07) is 12.5. The van der Waals surface area contributed by atoms with Crippen molar-refractivity contribution in [2.45, 2.75) is 37.5 Å². The molecule has 1 aliphatic carbocycles. The quantitative estimate of drug-likeness (QED) is 0.878. The molecular weight excluding hydrogens is 348 g/mol. The van der Waals surface area contributed by atoms with E-state index in [1.54, 1.807) is 24.3 Å². The number of hydrogen-bond donors (Lipinski definition) is 1. The molecule has 0 aromatic heterocycles. The Bertz CT molecular complexity index is 965. The van der Waals surface area contributed by atoms with Crippen molar-refractivity contribution in [1.82, 2.24) is 0 Å². The summed E-state index contributed by atoms with van der Waals surface area (Å²) in [7, 11) is -3.66. The van der Waals surface area contributed by atoms with Crippen LogP contribution in [0, 0.1) is 5.92 Å². The van der Waals surface area contributed by atoms with Crippen molar-refractivity contribution in [1.29, 1.82) is 0 Å². The summed E-state index contributed by atoms with van der Waals surface area (Å²) in [6.45, 7) is 2.63. The zero-order valence-electron chi connectivity index (χ0n) is 14.7. The molecule has 2 aromatic rings. The lowest BCUT2D eigenvalue weighted by Crippen LogP contribution is -2.30. The van der Waals surface area contributed by atoms with E-state index in [0.717, 1.165) is 36.1 Å². The van der Waals surface area contributed by atoms with E-state index >= 15 is 0 Å². The van der Waals surface area contributed by atoms with Gasteiger partial charge in [-0.25, -0.2) is 8.42 Å². The van der Waals surface area contributed by atoms with Gasteiger partial charge in [0.25, 0.3) is 10.0 Å². The van der Waals surface area contributed by atoms with Crippen LogP contribution in [0.5, 0.6) is 0 Å². The van der Waals surface area contributed by atoms with Crippen LogP contribution in [-0.2, 0) is 27.7 Å². The standard InChI is InChI=1S/C20H22N2O3S/c1-2-14-5-3-4-6-18(14)21-26(24,25)17-9-10-19-16(13-17)11-12-22(19)20(23)15-7-8-15/h3-6,9-10,13,15,21H,2,7-8,11-12H2,1H3. The SMILES string of the molecule is CCc1ccccc1NS(=O)(=O)c1ccc2c(c1)CCN2C(=O)C1CC1. The molecule has 1 aliphatic heterocycles. The molecule has 1 saturated carbocycles. The number of nitrogens with one attached hydrogen (secondary N) is 1. The van der Waals surface area contributed by atoms with Crippen LogP contribution in [0.2, 0.25) is 0 Å². The predicted octanol–water partition coefficient (Wildman–Crippen LogP) is 3.35. The third-order valence-electron chi connectivity index (χ3n) is 5.09. The molecule has 4 rings (SSSR count). The lowest BCUT2D eigenvalue weighted by molar-refractivity contribution is -0.119. The molecule has 0 spiro atoms. The van der Waals surface area contributed by atoms with Gasteiger partial charge in [0.15, 0.2) is 0 Å². The Kier molecular flexibility index (Phi) is 4.23. The highest BCUT2D eigenvalue weighted by molar-refractivity contribution is 7.92. The molecule has 1 amide bonds. The molecule has 0 saturated heterocycles. The third-order valence-corrected chi connectivity index (χ3v) is 6.46. The molecule has 2 aliphatic rings. The Morgan fingerprint density at radius 1 is 1.19 bits per heavy atom. The normalized spacial score (nSPS) is 16.4. The van der Waals surface area contributed by atoms with Gasteiger partial charge in [0.05, 0.1) is 10.6 Å². The molecular formula is C20H22N2O3S. The molecule has 0 radical (unpaired) electrons. The van der Waals surface area contributed by atoms with Crippen LogP contribution in [-0.4, -0.2) is 20.9 Å². The van der Waals surface area contributed by atoms with Gasteiger partial charge in [0.2, 0.25) is 5.91 Å². The molecule has 0 unspecified atom stereocenters. The minimum absolute atomic E-state index is 0.163. The maximum Gasteiger partial charge on any atom is 0.261 e. The summed E-state index contributed by atoms with van der Waals surface area (Å²) in [4.78, 5) is 14.4. The van der Waals surface area contributed by atoms with E-state index in [2.05, 4.69) is 4.72 Å². The van der Waals surface area contributed by atoms with Crippen molar-refractivity contribution >= 4 is 27.3 Å². The second-order valence-electron chi connectivity index (χ2n) is 6.92. The Balaban J connectivity index is 1.61. The second-order valence-corrected chi connectivity index (χ2v) is 8.60. The van der Waals surface area contributed by atoms with E-state index in [1.165, 1.54) is 0 Å². The average molecular weight is 370 g/mol. The number of fused-ring (bicyclic) bond motifs is 1. The van der Waals surface area contributed by atoms with E-state index in [0.29, 0.717) is 18.7 Å². The Hall–Kier alpha value is -2.34. The third kappa shape index (κ3) is 3.09. The topological polar surface area (TPSA) is 66.5 Å². The summed E-state index contributed by atoms with van der Waals surface area (Å²) in [5.41, 5.74) is 3.35. The average Bonchev–Trinajstić information content (AvgIpc) is 3.40. The first-order chi connectivity index (χ1) is 12.5. The zero-order chi connectivity index (χ0) is 18.3. The van der Waals surface area contributed by atoms with Crippen molar-refractivity contribution in [2.75, 3.05) is 16.2 Å². The second kappa shape index (κ2) is 6.43. The van der Waals surface area contributed by atoms with Gasteiger partial charge in [-0.2, -0.15) is 0 Å². The van der Waals surface area contributed by atoms with Crippen LogP contribution in [0.15, 0.2) is 47.4 Å². The van der Waals surface area contributed by atoms with Crippen LogP contribution in [0.1, 0.15) is 30.9 Å². The fourth-order valence-electron chi connectivity index (χ4n) is 3.46. The summed E-state index contributed by atoms with van der Waals surface area (Å²) in [5.74, 6) is 0.339. The van der Waals surface area contributed by atoms with Gasteiger partial charge in [-0.3, -0.25) is 9.52 Å². The van der Waals surface area contributed by atoms with Gasteiger partial charge in [-0.1, -0.05) is 25.1 Å². The fraction of sp³-hybridized carbons (Fsp3) is 0.350. The summed E-state index contributed by atoms with van der Waals surface area (Å²) in [6.07, 6.45) is 3.39. The first-order valence-corrected chi connectivity index (χ1v) is 10.5. The lowest BCUT2D eigenvalue weighted by atomic mass is 10.1. The molecule has 136 valence electrons. The minimum atomic E-state index is -3.66. The molecule has 0 atom stereocenters. The van der Waals surface area contributed by atoms with E-state index in [9.17, 15) is 13.2 Å². The number of hydrogen-bond acceptors (Lipinski definition) is 3. The van der Waals surface area contributed by atoms with Gasteiger partial charge < -0.3 is 4.90 Å². The number of benzene rings is 2. The van der Waals surface area contributed by atoms with Crippen LogP contribution >= 0.6 is 0 Å². The first kappa shape index (κ1) is 17.1. The molecule has 1 heterocycles. The number of rotatable bonds is 5. The number of para-hydroxylation sites is 1. The van der Waals surface area contributed by atoms with Crippen molar-refractivity contribution in [2.24, 2.45) is 5.92 Å². The van der Waals surface area contributed by atoms with E-state index in [4.69, 9.17) is 0 Å². The van der Waals surface area contributed by atoms with Crippen molar-refractivity contribution in [3.8, 4) is 0 Å². The number of aryl methyl sites for hydroxylation is 1. The number of nitrogens with zero attached hydrogens (tertiary/aromatic N) is 1. The molecule has 1 fully saturated rings. The lowest BCUT2D eigenvalue weighted by Gasteiger charge is -2.17. The molecule has 1 N–H and O–H groups in total. The smallest absolute Gasteiger partial charge is 0.261 e. The summed E-state index contributed by atoms with van der Waals surface area (Å²) in [5, 5.41) is 0. The van der Waals surface area contributed by atoms with Gasteiger partial charge in [0.1, 0.15) is 0 Å². The number of carbonyl (C=O) groups is 1. The van der Waals surface area contributed by atoms with Gasteiger partial charge in [-0.15, -0.1) is 0 Å². The largest absolute Gasteiger partial charge is 0.312 e. The minimum Gasteiger partial charge on any atom is -0.312 e. The summed E-state index contributed by atoms with van der Waals surface area (Å²) >= 11 is 0. The van der Waals surface area contributed by atoms with Crippen molar-refractivity contribution in [3.05, 3.63) is 53.6 Å². The van der Waals surface area contributed by atoms with Crippen LogP contribution in [0.25, 0.3) is 0 Å². The Labute approximate surface area is 154 Å². The predicted molar refractivity (Wildman–Crippen MR) is 102 cm³/mol. The summed E-state index contributed by atoms with van der Waals surface area (Å²) < 4.78 is 28.3. The van der Waals surface area contributed by atoms with Crippen molar-refractivity contribution in [3.63, 3.8) is 0 Å². The van der Waals surface area contributed by atoms with Crippen LogP contribution in [0.4, 0.5) is 11.4 Å². The van der Waals surface area contributed by atoms with Crippen LogP contribution < -0.4 is 9.62 Å². The maximum absolute atomic E-state index is 12.8. The van der Waals surface area contributed by atoms with Crippen molar-refractivity contribution < 1.29 is 13.2 Å². The van der Waals surface area contributed by atoms with E-state index < -0.39 is 10.0 Å². The fourth-order valence-corrected chi connectivity index (χ4v) is 4.61. The number of sulfonamides is 1. The van der Waals surface area contributed by atoms with Gasteiger partial charge >= 0.3 is 0 Å². The molecule has 5 nitrogen and oxygen atoms in total. The molecule has 6 heteroatoms.